The highest BCUT2D eigenvalue weighted by Gasteiger charge is 2.23. The first-order valence-corrected chi connectivity index (χ1v) is 13.1. The Morgan fingerprint density at radius 1 is 0.833 bits per heavy atom. The smallest absolute Gasteiger partial charge is 0.212 e. The van der Waals surface area contributed by atoms with Gasteiger partial charge in [0.25, 0.3) is 0 Å². The molecule has 178 valence electrons. The second kappa shape index (κ2) is 10.4. The molecular weight excluding hydrogens is 627 g/mol. The van der Waals surface area contributed by atoms with E-state index in [1.807, 2.05) is 48.5 Å². The Kier molecular flexibility index (Phi) is 7.24. The molecular formula is C28H16Br2Cl2N2O2. The van der Waals surface area contributed by atoms with Crippen LogP contribution in [0.2, 0.25) is 10.0 Å². The summed E-state index contributed by atoms with van der Waals surface area (Å²) in [6.07, 6.45) is 4.53. The lowest BCUT2D eigenvalue weighted by atomic mass is 10.0. The lowest BCUT2D eigenvalue weighted by molar-refractivity contribution is 0.215. The van der Waals surface area contributed by atoms with Gasteiger partial charge in [-0.05, 0) is 65.7 Å². The lowest BCUT2D eigenvalue weighted by Gasteiger charge is -2.13. The second-order valence-electron chi connectivity index (χ2n) is 8.06. The van der Waals surface area contributed by atoms with Crippen molar-refractivity contribution in [2.75, 3.05) is 0 Å². The molecule has 36 heavy (non-hydrogen) atoms. The Bertz CT molecular complexity index is 1740. The van der Waals surface area contributed by atoms with Crippen LogP contribution in [0.1, 0.15) is 28.5 Å². The van der Waals surface area contributed by atoms with Crippen molar-refractivity contribution in [1.29, 1.82) is 0 Å². The molecule has 0 radical (unpaired) electrons. The summed E-state index contributed by atoms with van der Waals surface area (Å²) in [7, 11) is 0. The van der Waals surface area contributed by atoms with Gasteiger partial charge in [0.05, 0.1) is 5.69 Å². The number of halogens is 4. The number of hydrogen-bond acceptors (Lipinski definition) is 4. The van der Waals surface area contributed by atoms with Crippen LogP contribution in [0.4, 0.5) is 0 Å². The van der Waals surface area contributed by atoms with Crippen molar-refractivity contribution < 1.29 is 5.11 Å². The number of pyridine rings is 2. The van der Waals surface area contributed by atoms with E-state index >= 15 is 0 Å². The normalized spacial score (nSPS) is 14.2. The number of nitrogens with zero attached hydrogens (tertiary/aromatic N) is 2. The Balaban J connectivity index is 0.000000148. The number of aromatic nitrogens is 2. The Hall–Kier alpha value is -2.61. The van der Waals surface area contributed by atoms with Gasteiger partial charge in [-0.3, -0.25) is 14.8 Å². The van der Waals surface area contributed by atoms with Crippen molar-refractivity contribution in [3.05, 3.63) is 126 Å². The molecule has 6 rings (SSSR count). The van der Waals surface area contributed by atoms with E-state index in [-0.39, 0.29) is 5.43 Å². The fraction of sp³-hybridized carbons (Fsp3) is 0.0357. The van der Waals surface area contributed by atoms with E-state index in [4.69, 9.17) is 23.2 Å². The van der Waals surface area contributed by atoms with Crippen molar-refractivity contribution in [3.8, 4) is 0 Å². The summed E-state index contributed by atoms with van der Waals surface area (Å²) in [6.45, 7) is 0. The van der Waals surface area contributed by atoms with Crippen molar-refractivity contribution >= 4 is 87.3 Å². The molecule has 2 heterocycles. The number of benzene rings is 2. The summed E-state index contributed by atoms with van der Waals surface area (Å²) < 4.78 is 1.73. The third kappa shape index (κ3) is 4.84. The van der Waals surface area contributed by atoms with Crippen molar-refractivity contribution in [3.63, 3.8) is 0 Å². The van der Waals surface area contributed by atoms with Gasteiger partial charge in [0.2, 0.25) is 5.43 Å². The minimum Gasteiger partial charge on any atom is -0.382 e. The van der Waals surface area contributed by atoms with E-state index in [1.54, 1.807) is 36.7 Å². The maximum absolute atomic E-state index is 12.4. The summed E-state index contributed by atoms with van der Waals surface area (Å²) in [5.74, 6) is 0. The number of aliphatic hydroxyl groups excluding tert-OH is 1. The first-order chi connectivity index (χ1) is 17.3. The van der Waals surface area contributed by atoms with E-state index in [2.05, 4.69) is 41.8 Å². The van der Waals surface area contributed by atoms with Crippen LogP contribution in [0.3, 0.4) is 0 Å². The van der Waals surface area contributed by atoms with E-state index in [0.717, 1.165) is 36.4 Å². The number of aliphatic hydroxyl groups is 1. The summed E-state index contributed by atoms with van der Waals surface area (Å²) in [6, 6.07) is 20.0. The predicted octanol–water partition coefficient (Wildman–Crippen LogP) is 8.19. The van der Waals surface area contributed by atoms with Crippen LogP contribution in [0.5, 0.6) is 0 Å². The Morgan fingerprint density at radius 3 is 2.39 bits per heavy atom. The minimum atomic E-state index is -0.736. The van der Waals surface area contributed by atoms with Gasteiger partial charge in [-0.25, -0.2) is 0 Å². The Labute approximate surface area is 233 Å². The van der Waals surface area contributed by atoms with Gasteiger partial charge in [0.1, 0.15) is 11.6 Å². The molecule has 1 N–H and O–H groups in total. The van der Waals surface area contributed by atoms with Crippen LogP contribution in [-0.4, -0.2) is 15.1 Å². The topological polar surface area (TPSA) is 63.1 Å². The first-order valence-electron chi connectivity index (χ1n) is 10.8. The molecule has 4 nitrogen and oxygen atoms in total. The second-order valence-corrected chi connectivity index (χ2v) is 10.6. The summed E-state index contributed by atoms with van der Waals surface area (Å²) in [5.41, 5.74) is 3.66. The SMILES string of the molecule is O=c1c2ccc(Cl)cc2c(Br)cc2cccnc12.OC1c2ccc(Cl)cc2C(Br)=Cc2cccnc21. The molecule has 0 saturated carbocycles. The lowest BCUT2D eigenvalue weighted by Crippen LogP contribution is -2.04. The Morgan fingerprint density at radius 2 is 1.56 bits per heavy atom. The fourth-order valence-corrected chi connectivity index (χ4v) is 5.60. The quantitative estimate of drug-likeness (QED) is 0.185. The van der Waals surface area contributed by atoms with Gasteiger partial charge in [0, 0.05) is 53.1 Å². The molecule has 2 aromatic heterocycles. The molecule has 0 saturated heterocycles. The maximum atomic E-state index is 12.4. The first kappa shape index (κ1) is 25.1. The molecule has 3 aromatic carbocycles. The van der Waals surface area contributed by atoms with Crippen LogP contribution in [0.15, 0.2) is 88.4 Å². The van der Waals surface area contributed by atoms with Gasteiger partial charge in [-0.15, -0.1) is 0 Å². The molecule has 1 aliphatic rings. The standard InChI is InChI=1S/C14H9BrClNO.C14H7BrClNO/c2*15-12-6-8-2-1-5-17-13(8)14(18)10-4-3-9(16)7-11(10)12/h1-7,14,18H;1-7H. The zero-order valence-corrected chi connectivity index (χ0v) is 23.1. The molecule has 5 aromatic rings. The summed E-state index contributed by atoms with van der Waals surface area (Å²) in [5, 5.41) is 13.9. The molecule has 0 fully saturated rings. The summed E-state index contributed by atoms with van der Waals surface area (Å²) >= 11 is 19.0. The fourth-order valence-electron chi connectivity index (χ4n) is 4.09. The van der Waals surface area contributed by atoms with E-state index in [9.17, 15) is 9.90 Å². The van der Waals surface area contributed by atoms with Crippen LogP contribution in [-0.2, 0) is 0 Å². The van der Waals surface area contributed by atoms with Gasteiger partial charge >= 0.3 is 0 Å². The average Bonchev–Trinajstić information content (AvgIpc) is 3.05. The van der Waals surface area contributed by atoms with Gasteiger partial charge in [-0.2, -0.15) is 0 Å². The van der Waals surface area contributed by atoms with Crippen LogP contribution in [0.25, 0.3) is 32.2 Å². The minimum absolute atomic E-state index is 0.0806. The molecule has 0 spiro atoms. The van der Waals surface area contributed by atoms with Crippen LogP contribution < -0.4 is 5.43 Å². The zero-order chi connectivity index (χ0) is 25.4. The van der Waals surface area contributed by atoms with Crippen LogP contribution >= 0.6 is 55.1 Å². The number of fused-ring (bicyclic) bond motifs is 4. The largest absolute Gasteiger partial charge is 0.382 e. The van der Waals surface area contributed by atoms with Gasteiger partial charge in [0.15, 0.2) is 0 Å². The van der Waals surface area contributed by atoms with Crippen molar-refractivity contribution in [1.82, 2.24) is 9.97 Å². The molecule has 0 aliphatic heterocycles. The highest BCUT2D eigenvalue weighted by molar-refractivity contribution is 9.15. The number of rotatable bonds is 0. The van der Waals surface area contributed by atoms with E-state index in [0.29, 0.717) is 26.6 Å². The van der Waals surface area contributed by atoms with E-state index < -0.39 is 6.10 Å². The van der Waals surface area contributed by atoms with Gasteiger partial charge < -0.3 is 5.11 Å². The van der Waals surface area contributed by atoms with Crippen molar-refractivity contribution in [2.24, 2.45) is 0 Å². The van der Waals surface area contributed by atoms with E-state index in [1.165, 1.54) is 0 Å². The summed E-state index contributed by atoms with van der Waals surface area (Å²) in [4.78, 5) is 20.9. The average molecular weight is 643 g/mol. The number of hydrogen-bond donors (Lipinski definition) is 1. The van der Waals surface area contributed by atoms with Crippen LogP contribution in [0, 0.1) is 0 Å². The molecule has 1 aliphatic carbocycles. The van der Waals surface area contributed by atoms with Gasteiger partial charge in [-0.1, -0.05) is 73.3 Å². The zero-order valence-electron chi connectivity index (χ0n) is 18.4. The maximum Gasteiger partial charge on any atom is 0.212 e. The molecule has 1 unspecified atom stereocenters. The molecule has 8 heteroatoms. The highest BCUT2D eigenvalue weighted by Crippen LogP contribution is 2.39. The molecule has 0 bridgehead atoms. The molecule has 0 amide bonds. The highest BCUT2D eigenvalue weighted by atomic mass is 79.9. The third-order valence-corrected chi connectivity index (χ3v) is 7.58. The molecule has 1 atom stereocenters. The predicted molar refractivity (Wildman–Crippen MR) is 155 cm³/mol. The third-order valence-electron chi connectivity index (χ3n) is 5.80. The van der Waals surface area contributed by atoms with Crippen molar-refractivity contribution in [2.45, 2.75) is 6.10 Å². The monoisotopic (exact) mass is 640 g/mol.